The molecule has 3 aromatic rings. The summed E-state index contributed by atoms with van der Waals surface area (Å²) in [6.07, 6.45) is 3.12. The summed E-state index contributed by atoms with van der Waals surface area (Å²) >= 11 is 0. The number of fused-ring (bicyclic) bond motifs is 1. The van der Waals surface area contributed by atoms with Crippen molar-refractivity contribution < 1.29 is 14.4 Å². The highest BCUT2D eigenvalue weighted by Gasteiger charge is 2.32. The Hall–Kier alpha value is -3.47. The van der Waals surface area contributed by atoms with Gasteiger partial charge in [0.25, 0.3) is 5.91 Å². The molecule has 2 amide bonds. The molecule has 3 aromatic carbocycles. The van der Waals surface area contributed by atoms with Crippen LogP contribution in [0.4, 0.5) is 5.69 Å². The lowest BCUT2D eigenvalue weighted by Crippen LogP contribution is -2.40. The van der Waals surface area contributed by atoms with E-state index in [-0.39, 0.29) is 29.4 Å². The minimum Gasteiger partial charge on any atom is -0.339 e. The fourth-order valence-corrected chi connectivity index (χ4v) is 4.45. The summed E-state index contributed by atoms with van der Waals surface area (Å²) < 4.78 is 0. The summed E-state index contributed by atoms with van der Waals surface area (Å²) in [6, 6.07) is 21.0. The molecule has 5 rings (SSSR count). The molecule has 2 aliphatic rings. The largest absolute Gasteiger partial charge is 0.339 e. The lowest BCUT2D eigenvalue weighted by atomic mass is 9.88. The van der Waals surface area contributed by atoms with Gasteiger partial charge >= 0.3 is 0 Å². The van der Waals surface area contributed by atoms with Crippen LogP contribution in [0.5, 0.6) is 0 Å². The van der Waals surface area contributed by atoms with Crippen LogP contribution in [0, 0.1) is 11.8 Å². The number of Topliss-reactive ketones (excluding diaryl/α,β-unsaturated/α-hetero) is 1. The van der Waals surface area contributed by atoms with Crippen LogP contribution in [0.3, 0.4) is 0 Å². The van der Waals surface area contributed by atoms with E-state index in [0.29, 0.717) is 37.2 Å². The van der Waals surface area contributed by atoms with Gasteiger partial charge in [-0.15, -0.1) is 0 Å². The predicted molar refractivity (Wildman–Crippen MR) is 125 cm³/mol. The minimum atomic E-state index is -0.0903. The average Bonchev–Trinajstić information content (AvgIpc) is 3.69. The predicted octanol–water partition coefficient (Wildman–Crippen LogP) is 4.92. The number of amides is 2. The van der Waals surface area contributed by atoms with Gasteiger partial charge in [0.15, 0.2) is 5.78 Å². The number of hydrogen-bond acceptors (Lipinski definition) is 3. The van der Waals surface area contributed by atoms with Crippen molar-refractivity contribution in [2.75, 3.05) is 18.4 Å². The molecule has 0 atom stereocenters. The fraction of sp³-hybridized carbons (Fsp3) is 0.296. The van der Waals surface area contributed by atoms with Gasteiger partial charge in [0.1, 0.15) is 0 Å². The van der Waals surface area contributed by atoms with Gasteiger partial charge in [-0.05, 0) is 48.6 Å². The quantitative estimate of drug-likeness (QED) is 0.589. The number of carbonyl (C=O) groups is 3. The first-order valence-corrected chi connectivity index (χ1v) is 11.3. The number of piperidine rings is 1. The monoisotopic (exact) mass is 426 g/mol. The minimum absolute atomic E-state index is 0.0125. The van der Waals surface area contributed by atoms with E-state index in [2.05, 4.69) is 5.32 Å². The van der Waals surface area contributed by atoms with Gasteiger partial charge in [-0.3, -0.25) is 14.4 Å². The zero-order valence-electron chi connectivity index (χ0n) is 17.9. The van der Waals surface area contributed by atoms with Crippen molar-refractivity contribution in [1.82, 2.24) is 4.90 Å². The molecule has 1 saturated carbocycles. The molecule has 2 fully saturated rings. The highest BCUT2D eigenvalue weighted by molar-refractivity contribution is 6.08. The summed E-state index contributed by atoms with van der Waals surface area (Å²) in [5.41, 5.74) is 1.83. The van der Waals surface area contributed by atoms with Gasteiger partial charge < -0.3 is 10.2 Å². The summed E-state index contributed by atoms with van der Waals surface area (Å²) in [6.45, 7) is 1.07. The zero-order valence-corrected chi connectivity index (χ0v) is 17.9. The zero-order chi connectivity index (χ0) is 22.1. The molecular weight excluding hydrogens is 400 g/mol. The Morgan fingerprint density at radius 3 is 2.03 bits per heavy atom. The lowest BCUT2D eigenvalue weighted by molar-refractivity contribution is -0.117. The van der Waals surface area contributed by atoms with Gasteiger partial charge in [-0.25, -0.2) is 0 Å². The molecule has 0 aromatic heterocycles. The number of ketones is 1. The topological polar surface area (TPSA) is 66.5 Å². The van der Waals surface area contributed by atoms with Crippen molar-refractivity contribution in [3.63, 3.8) is 0 Å². The van der Waals surface area contributed by atoms with E-state index in [1.165, 1.54) is 0 Å². The van der Waals surface area contributed by atoms with E-state index >= 15 is 0 Å². The second-order valence-corrected chi connectivity index (χ2v) is 8.81. The van der Waals surface area contributed by atoms with Gasteiger partial charge in [0.05, 0.1) is 11.3 Å². The maximum Gasteiger partial charge on any atom is 0.255 e. The summed E-state index contributed by atoms with van der Waals surface area (Å²) in [5, 5.41) is 4.95. The van der Waals surface area contributed by atoms with Crippen molar-refractivity contribution in [3.8, 4) is 0 Å². The third kappa shape index (κ3) is 4.15. The molecule has 0 spiro atoms. The molecule has 1 aliphatic heterocycles. The summed E-state index contributed by atoms with van der Waals surface area (Å²) in [7, 11) is 0. The van der Waals surface area contributed by atoms with E-state index < -0.39 is 0 Å². The molecule has 1 N–H and O–H groups in total. The Balaban J connectivity index is 1.35. The number of carbonyl (C=O) groups excluding carboxylic acids is 3. The third-order valence-corrected chi connectivity index (χ3v) is 6.53. The van der Waals surface area contributed by atoms with Gasteiger partial charge in [-0.2, -0.15) is 0 Å². The Bertz CT molecular complexity index is 1180. The number of nitrogens with one attached hydrogen (secondary N) is 1. The highest BCUT2D eigenvalue weighted by Crippen LogP contribution is 2.33. The molecule has 32 heavy (non-hydrogen) atoms. The van der Waals surface area contributed by atoms with Crippen LogP contribution in [0.25, 0.3) is 10.8 Å². The van der Waals surface area contributed by atoms with E-state index in [0.717, 1.165) is 29.2 Å². The number of hydrogen-bond donors (Lipinski definition) is 1. The van der Waals surface area contributed by atoms with Crippen molar-refractivity contribution in [3.05, 3.63) is 77.9 Å². The van der Waals surface area contributed by atoms with Crippen LogP contribution in [0.2, 0.25) is 0 Å². The van der Waals surface area contributed by atoms with E-state index in [4.69, 9.17) is 0 Å². The molecule has 1 saturated heterocycles. The van der Waals surface area contributed by atoms with E-state index in [1.807, 2.05) is 71.6 Å². The number of anilines is 1. The molecule has 1 heterocycles. The molecule has 0 bridgehead atoms. The van der Waals surface area contributed by atoms with Gasteiger partial charge in [-0.1, -0.05) is 54.6 Å². The average molecular weight is 427 g/mol. The van der Waals surface area contributed by atoms with Gasteiger partial charge in [0, 0.05) is 30.5 Å². The first-order chi connectivity index (χ1) is 15.6. The Morgan fingerprint density at radius 1 is 0.750 bits per heavy atom. The summed E-state index contributed by atoms with van der Waals surface area (Å²) in [5.74, 6) is 0.0472. The smallest absolute Gasteiger partial charge is 0.255 e. The Kier molecular flexibility index (Phi) is 5.48. The maximum atomic E-state index is 13.5. The van der Waals surface area contributed by atoms with Crippen LogP contribution in [0.1, 0.15) is 46.4 Å². The Morgan fingerprint density at radius 2 is 1.38 bits per heavy atom. The number of benzene rings is 3. The van der Waals surface area contributed by atoms with Crippen molar-refractivity contribution in [2.45, 2.75) is 25.7 Å². The number of rotatable bonds is 5. The lowest BCUT2D eigenvalue weighted by Gasteiger charge is -2.32. The SMILES string of the molecule is O=C(Nc1cc2ccccc2cc1C(=O)N1CCC(C(=O)c2ccccc2)CC1)C1CC1. The van der Waals surface area contributed by atoms with E-state index in [9.17, 15) is 14.4 Å². The molecule has 1 aliphatic carbocycles. The molecule has 0 radical (unpaired) electrons. The van der Waals surface area contributed by atoms with E-state index in [1.54, 1.807) is 0 Å². The normalized spacial score (nSPS) is 16.7. The van der Waals surface area contributed by atoms with Crippen LogP contribution in [0.15, 0.2) is 66.7 Å². The summed E-state index contributed by atoms with van der Waals surface area (Å²) in [4.78, 5) is 40.5. The number of likely N-dealkylation sites (tertiary alicyclic amines) is 1. The maximum absolute atomic E-state index is 13.5. The first kappa shape index (κ1) is 20.4. The van der Waals surface area contributed by atoms with Crippen LogP contribution in [-0.2, 0) is 4.79 Å². The van der Waals surface area contributed by atoms with Crippen molar-refractivity contribution in [1.29, 1.82) is 0 Å². The number of nitrogens with zero attached hydrogens (tertiary/aromatic N) is 1. The molecule has 5 nitrogen and oxygen atoms in total. The van der Waals surface area contributed by atoms with Crippen LogP contribution in [-0.4, -0.2) is 35.6 Å². The Labute approximate surface area is 187 Å². The second kappa shape index (κ2) is 8.58. The van der Waals surface area contributed by atoms with Crippen LogP contribution >= 0.6 is 0 Å². The molecular formula is C27H26N2O3. The standard InChI is InChI=1S/C27H26N2O3/c30-25(18-6-2-1-3-7-18)19-12-14-29(15-13-19)27(32)23-16-21-8-4-5-9-22(21)17-24(23)28-26(31)20-10-11-20/h1-9,16-17,19-20H,10-15H2,(H,28,31). The van der Waals surface area contributed by atoms with Crippen molar-refractivity contribution in [2.24, 2.45) is 11.8 Å². The van der Waals surface area contributed by atoms with Gasteiger partial charge in [0.2, 0.25) is 5.91 Å². The van der Waals surface area contributed by atoms with Crippen LogP contribution < -0.4 is 5.32 Å². The first-order valence-electron chi connectivity index (χ1n) is 11.3. The fourth-order valence-electron chi connectivity index (χ4n) is 4.45. The molecule has 5 heteroatoms. The highest BCUT2D eigenvalue weighted by atomic mass is 16.2. The molecule has 162 valence electrons. The molecule has 0 unspecified atom stereocenters. The second-order valence-electron chi connectivity index (χ2n) is 8.81. The third-order valence-electron chi connectivity index (χ3n) is 6.53. The van der Waals surface area contributed by atoms with Crippen molar-refractivity contribution >= 4 is 34.1 Å².